The second kappa shape index (κ2) is 7.89. The third-order valence-electron chi connectivity index (χ3n) is 4.16. The molecule has 1 saturated heterocycles. The van der Waals surface area contributed by atoms with Crippen molar-refractivity contribution in [1.29, 1.82) is 0 Å². The Kier molecular flexibility index (Phi) is 5.68. The van der Waals surface area contributed by atoms with E-state index in [2.05, 4.69) is 0 Å². The van der Waals surface area contributed by atoms with Crippen LogP contribution >= 0.6 is 0 Å². The van der Waals surface area contributed by atoms with Crippen LogP contribution in [0.3, 0.4) is 0 Å². The highest BCUT2D eigenvalue weighted by atomic mass is 32.3. The predicted molar refractivity (Wildman–Crippen MR) is 103 cm³/mol. The molecule has 2 aromatic carbocycles. The fourth-order valence-electron chi connectivity index (χ4n) is 2.91. The molecule has 1 aliphatic rings. The molecule has 0 unspecified atom stereocenters. The number of sulfonamides is 1. The minimum Gasteiger partial charge on any atom is -0.478 e. The average Bonchev–Trinajstić information content (AvgIpc) is 3.15. The van der Waals surface area contributed by atoms with Crippen molar-refractivity contribution in [2.45, 2.75) is 17.7 Å². The van der Waals surface area contributed by atoms with Gasteiger partial charge < -0.3 is 18.4 Å². The van der Waals surface area contributed by atoms with Crippen LogP contribution in [0.4, 0.5) is 5.69 Å². The molecule has 0 radical (unpaired) electrons. The molecule has 10 nitrogen and oxygen atoms in total. The Bertz CT molecular complexity index is 1130. The zero-order chi connectivity index (χ0) is 21.2. The van der Waals surface area contributed by atoms with Gasteiger partial charge in [0.15, 0.2) is 5.75 Å². The van der Waals surface area contributed by atoms with Crippen LogP contribution < -0.4 is 18.4 Å². The normalized spacial score (nSPS) is 14.6. The lowest BCUT2D eigenvalue weighted by Gasteiger charge is -2.23. The molecule has 0 saturated carbocycles. The van der Waals surface area contributed by atoms with Crippen LogP contribution in [0.25, 0.3) is 0 Å². The third-order valence-corrected chi connectivity index (χ3v) is 5.85. The molecule has 29 heavy (non-hydrogen) atoms. The first-order chi connectivity index (χ1) is 13.6. The zero-order valence-electron chi connectivity index (χ0n) is 15.0. The fraction of sp³-hybridized carbons (Fsp3) is 0.235. The summed E-state index contributed by atoms with van der Waals surface area (Å²) in [5, 5.41) is 14.5. The lowest BCUT2D eigenvalue weighted by molar-refractivity contribution is 0.0696. The van der Waals surface area contributed by atoms with Gasteiger partial charge in [0.05, 0.1) is 11.3 Å². The molecule has 12 heteroatoms. The van der Waals surface area contributed by atoms with Crippen molar-refractivity contribution in [2.75, 3.05) is 18.0 Å². The van der Waals surface area contributed by atoms with Crippen LogP contribution in [0.1, 0.15) is 23.2 Å². The summed E-state index contributed by atoms with van der Waals surface area (Å²) in [6.45, 7) is 0.923. The summed E-state index contributed by atoms with van der Waals surface area (Å²) in [5.41, 5.74) is -0.378. The number of carbonyl (C=O) groups is 1. The summed E-state index contributed by atoms with van der Waals surface area (Å²) >= 11 is 0. The van der Waals surface area contributed by atoms with E-state index in [1.54, 1.807) is 11.0 Å². The van der Waals surface area contributed by atoms with Gasteiger partial charge in [-0.2, -0.15) is 0 Å². The van der Waals surface area contributed by atoms with Crippen molar-refractivity contribution in [1.82, 2.24) is 0 Å². The highest BCUT2D eigenvalue weighted by Gasteiger charge is 2.30. The molecular formula is C17H18N2O8S2. The Morgan fingerprint density at radius 2 is 1.62 bits per heavy atom. The zero-order valence-corrected chi connectivity index (χ0v) is 16.6. The van der Waals surface area contributed by atoms with Gasteiger partial charge in [0.2, 0.25) is 10.0 Å². The third kappa shape index (κ3) is 4.96. The number of carboxylic acids is 1. The molecule has 1 fully saturated rings. The van der Waals surface area contributed by atoms with Crippen LogP contribution in [-0.2, 0) is 20.4 Å². The molecule has 3 N–H and O–H groups in total. The molecule has 156 valence electrons. The maximum atomic E-state index is 12.4. The van der Waals surface area contributed by atoms with Crippen LogP contribution in [0.2, 0.25) is 0 Å². The number of nitrogens with two attached hydrogens (primary N) is 1. The summed E-state index contributed by atoms with van der Waals surface area (Å²) < 4.78 is 58.9. The first-order valence-electron chi connectivity index (χ1n) is 8.45. The molecule has 0 bridgehead atoms. The smallest absolute Gasteiger partial charge is 0.478 e. The van der Waals surface area contributed by atoms with Gasteiger partial charge in [-0.15, -0.1) is 8.42 Å². The van der Waals surface area contributed by atoms with Crippen molar-refractivity contribution in [3.63, 3.8) is 0 Å². The number of anilines is 1. The predicted octanol–water partition coefficient (Wildman–Crippen LogP) is 1.33. The molecule has 0 atom stereocenters. The maximum Gasteiger partial charge on any atom is 0.501 e. The van der Waals surface area contributed by atoms with E-state index in [9.17, 15) is 26.7 Å². The molecule has 1 aliphatic heterocycles. The quantitative estimate of drug-likeness (QED) is 0.646. The van der Waals surface area contributed by atoms with E-state index in [4.69, 9.17) is 13.5 Å². The van der Waals surface area contributed by atoms with Gasteiger partial charge in [0.25, 0.3) is 0 Å². The van der Waals surface area contributed by atoms with Gasteiger partial charge in [-0.1, -0.05) is 18.2 Å². The van der Waals surface area contributed by atoms with E-state index in [-0.39, 0.29) is 17.0 Å². The van der Waals surface area contributed by atoms with E-state index in [0.717, 1.165) is 25.0 Å². The summed E-state index contributed by atoms with van der Waals surface area (Å²) in [4.78, 5) is 12.3. The van der Waals surface area contributed by atoms with Crippen molar-refractivity contribution in [3.05, 3.63) is 48.0 Å². The van der Waals surface area contributed by atoms with E-state index in [1.165, 1.54) is 24.3 Å². The van der Waals surface area contributed by atoms with E-state index < -0.39 is 37.0 Å². The molecular weight excluding hydrogens is 424 g/mol. The molecule has 0 aliphatic carbocycles. The Labute approximate surface area is 167 Å². The first kappa shape index (κ1) is 20.9. The van der Waals surface area contributed by atoms with Crippen molar-refractivity contribution >= 4 is 32.1 Å². The molecule has 0 amide bonds. The van der Waals surface area contributed by atoms with E-state index in [0.29, 0.717) is 13.1 Å². The highest BCUT2D eigenvalue weighted by molar-refractivity contribution is 7.89. The van der Waals surface area contributed by atoms with Crippen molar-refractivity contribution < 1.29 is 35.1 Å². The SMILES string of the molecule is NS(=O)(=O)c1cc(C(=O)O)cc(N2CCCC2)c1OS(=O)(=O)Oc1ccccc1. The summed E-state index contributed by atoms with van der Waals surface area (Å²) in [6, 6.07) is 9.37. The summed E-state index contributed by atoms with van der Waals surface area (Å²) in [5.74, 6) is -2.05. The lowest BCUT2D eigenvalue weighted by Crippen LogP contribution is -2.25. The van der Waals surface area contributed by atoms with Crippen LogP contribution in [-0.4, -0.2) is 41.0 Å². The lowest BCUT2D eigenvalue weighted by atomic mass is 10.1. The number of carboxylic acid groups (broad SMARTS) is 1. The fourth-order valence-corrected chi connectivity index (χ4v) is 4.42. The highest BCUT2D eigenvalue weighted by Crippen LogP contribution is 2.39. The van der Waals surface area contributed by atoms with Gasteiger partial charge in [0, 0.05) is 13.1 Å². The van der Waals surface area contributed by atoms with Gasteiger partial charge in [-0.25, -0.2) is 18.4 Å². The number of benzene rings is 2. The van der Waals surface area contributed by atoms with Crippen molar-refractivity contribution in [2.24, 2.45) is 5.14 Å². The number of hydrogen-bond acceptors (Lipinski definition) is 8. The van der Waals surface area contributed by atoms with Gasteiger partial charge >= 0.3 is 16.4 Å². The standard InChI is InChI=1S/C17H18N2O8S2/c18-28(22,23)15-11-12(17(20)21)10-14(19-8-4-5-9-19)16(15)27-29(24,25)26-13-6-2-1-3-7-13/h1-3,6-7,10-11H,4-5,8-9H2,(H,20,21)(H2,18,22,23). The first-order valence-corrected chi connectivity index (χ1v) is 11.3. The Morgan fingerprint density at radius 1 is 1.00 bits per heavy atom. The van der Waals surface area contributed by atoms with Crippen LogP contribution in [0.15, 0.2) is 47.4 Å². The second-order valence-corrected chi connectivity index (χ2v) is 8.93. The van der Waals surface area contributed by atoms with Crippen LogP contribution in [0, 0.1) is 0 Å². The maximum absolute atomic E-state index is 12.4. The Balaban J connectivity index is 2.13. The van der Waals surface area contributed by atoms with Gasteiger partial charge in [-0.3, -0.25) is 0 Å². The van der Waals surface area contributed by atoms with E-state index >= 15 is 0 Å². The monoisotopic (exact) mass is 442 g/mol. The van der Waals surface area contributed by atoms with Gasteiger partial charge in [-0.05, 0) is 37.1 Å². The molecule has 2 aromatic rings. The number of aromatic carboxylic acids is 1. The molecule has 0 aromatic heterocycles. The van der Waals surface area contributed by atoms with Gasteiger partial charge in [0.1, 0.15) is 10.6 Å². The Hall–Kier alpha value is -2.83. The molecule has 3 rings (SSSR count). The average molecular weight is 442 g/mol. The van der Waals surface area contributed by atoms with Crippen LogP contribution in [0.5, 0.6) is 11.5 Å². The summed E-state index contributed by atoms with van der Waals surface area (Å²) in [6.07, 6.45) is 1.52. The number of rotatable bonds is 7. The number of hydrogen-bond donors (Lipinski definition) is 2. The number of primary sulfonamides is 1. The van der Waals surface area contributed by atoms with Crippen molar-refractivity contribution in [3.8, 4) is 11.5 Å². The minimum absolute atomic E-state index is 0.00772. The second-order valence-electron chi connectivity index (χ2n) is 6.25. The largest absolute Gasteiger partial charge is 0.501 e. The Morgan fingerprint density at radius 3 is 2.17 bits per heavy atom. The van der Waals surface area contributed by atoms with E-state index in [1.807, 2.05) is 0 Å². The molecule has 1 heterocycles. The topological polar surface area (TPSA) is 153 Å². The number of nitrogens with zero attached hydrogens (tertiary/aromatic N) is 1. The minimum atomic E-state index is -4.75. The summed E-state index contributed by atoms with van der Waals surface area (Å²) in [7, 11) is -9.27. The number of para-hydroxylation sites is 1. The molecule has 0 spiro atoms.